The molecule has 0 amide bonds. The number of hydrogen-bond donors (Lipinski definition) is 1. The largest absolute Gasteiger partial charge is 0.491 e. The Labute approximate surface area is 95.4 Å². The second kappa shape index (κ2) is 6.45. The first kappa shape index (κ1) is 12.9. The van der Waals surface area contributed by atoms with Crippen LogP contribution in [0.3, 0.4) is 0 Å². The van der Waals surface area contributed by atoms with Crippen LogP contribution in [0.25, 0.3) is 0 Å². The lowest BCUT2D eigenvalue weighted by atomic mass is 10.1. The molecule has 0 aliphatic carbocycles. The van der Waals surface area contributed by atoms with E-state index >= 15 is 0 Å². The summed E-state index contributed by atoms with van der Waals surface area (Å²) in [6.45, 7) is 5.18. The molecule has 1 aromatic rings. The maximum absolute atomic E-state index is 13.5. The normalized spacial score (nSPS) is 12.5. The smallest absolute Gasteiger partial charge is 0.131 e. The number of benzene rings is 1. The van der Waals surface area contributed by atoms with Gasteiger partial charge in [-0.05, 0) is 26.0 Å². The van der Waals surface area contributed by atoms with Gasteiger partial charge in [0, 0.05) is 18.2 Å². The van der Waals surface area contributed by atoms with Gasteiger partial charge in [0.15, 0.2) is 0 Å². The molecule has 90 valence electrons. The molecule has 0 aliphatic heterocycles. The highest BCUT2D eigenvalue weighted by atomic mass is 19.1. The molecule has 0 radical (unpaired) electrons. The van der Waals surface area contributed by atoms with Crippen LogP contribution in [0.2, 0.25) is 0 Å². The molecule has 0 bridgehead atoms. The van der Waals surface area contributed by atoms with Crippen LogP contribution >= 0.6 is 0 Å². The van der Waals surface area contributed by atoms with Crippen LogP contribution < -0.4 is 10.5 Å². The van der Waals surface area contributed by atoms with E-state index in [1.807, 2.05) is 6.92 Å². The maximum Gasteiger partial charge on any atom is 0.131 e. The first-order valence-corrected chi connectivity index (χ1v) is 5.41. The molecule has 0 unspecified atom stereocenters. The zero-order chi connectivity index (χ0) is 12.0. The van der Waals surface area contributed by atoms with Crippen molar-refractivity contribution >= 4 is 0 Å². The van der Waals surface area contributed by atoms with E-state index in [2.05, 4.69) is 0 Å². The lowest BCUT2D eigenvalue weighted by Gasteiger charge is -2.14. The molecule has 0 saturated heterocycles. The van der Waals surface area contributed by atoms with Crippen molar-refractivity contribution in [2.24, 2.45) is 5.73 Å². The van der Waals surface area contributed by atoms with Crippen LogP contribution in [0.1, 0.15) is 25.5 Å². The molecular weight excluding hydrogens is 209 g/mol. The molecule has 1 atom stereocenters. The number of rotatable bonds is 6. The summed E-state index contributed by atoms with van der Waals surface area (Å²) in [5.74, 6) is 0.165. The summed E-state index contributed by atoms with van der Waals surface area (Å²) in [4.78, 5) is 0. The summed E-state index contributed by atoms with van der Waals surface area (Å²) < 4.78 is 24.1. The van der Waals surface area contributed by atoms with E-state index in [4.69, 9.17) is 15.2 Å². The predicted octanol–water partition coefficient (Wildman–Crippen LogP) is 2.26. The summed E-state index contributed by atoms with van der Waals surface area (Å²) in [6.07, 6.45) is 0. The van der Waals surface area contributed by atoms with E-state index in [0.717, 1.165) is 0 Å². The molecule has 0 aliphatic rings. The monoisotopic (exact) mass is 227 g/mol. The first-order valence-electron chi connectivity index (χ1n) is 5.41. The highest BCUT2D eigenvalue weighted by Gasteiger charge is 2.13. The van der Waals surface area contributed by atoms with Gasteiger partial charge in [-0.25, -0.2) is 4.39 Å². The van der Waals surface area contributed by atoms with E-state index in [1.165, 1.54) is 6.07 Å². The molecule has 3 nitrogen and oxygen atoms in total. The fourth-order valence-electron chi connectivity index (χ4n) is 1.44. The molecule has 0 heterocycles. The van der Waals surface area contributed by atoms with Crippen molar-refractivity contribution in [2.75, 3.05) is 19.8 Å². The average Bonchev–Trinajstić information content (AvgIpc) is 2.24. The van der Waals surface area contributed by atoms with E-state index in [0.29, 0.717) is 31.1 Å². The van der Waals surface area contributed by atoms with E-state index in [-0.39, 0.29) is 11.9 Å². The second-order valence-corrected chi connectivity index (χ2v) is 3.49. The van der Waals surface area contributed by atoms with Gasteiger partial charge >= 0.3 is 0 Å². The van der Waals surface area contributed by atoms with E-state index < -0.39 is 0 Å². The quantitative estimate of drug-likeness (QED) is 0.758. The minimum Gasteiger partial charge on any atom is -0.491 e. The van der Waals surface area contributed by atoms with Gasteiger partial charge in [-0.15, -0.1) is 0 Å². The van der Waals surface area contributed by atoms with Crippen molar-refractivity contribution in [2.45, 2.75) is 19.9 Å². The van der Waals surface area contributed by atoms with Crippen molar-refractivity contribution < 1.29 is 13.9 Å². The minimum atomic E-state index is -0.386. The molecule has 1 rings (SSSR count). The van der Waals surface area contributed by atoms with Gasteiger partial charge in [0.05, 0.1) is 6.61 Å². The van der Waals surface area contributed by atoms with Gasteiger partial charge in [-0.3, -0.25) is 0 Å². The van der Waals surface area contributed by atoms with Crippen LogP contribution in [0.4, 0.5) is 4.39 Å². The third-order valence-electron chi connectivity index (χ3n) is 2.16. The number of nitrogens with two attached hydrogens (primary N) is 1. The van der Waals surface area contributed by atoms with Gasteiger partial charge in [0.2, 0.25) is 0 Å². The fraction of sp³-hybridized carbons (Fsp3) is 0.500. The molecule has 0 fully saturated rings. The van der Waals surface area contributed by atoms with Gasteiger partial charge in [0.1, 0.15) is 18.2 Å². The zero-order valence-electron chi connectivity index (χ0n) is 9.70. The average molecular weight is 227 g/mol. The number of ether oxygens (including phenoxy) is 2. The lowest BCUT2D eigenvalue weighted by Crippen LogP contribution is -2.13. The Morgan fingerprint density at radius 2 is 2.12 bits per heavy atom. The van der Waals surface area contributed by atoms with Crippen LogP contribution in [0.15, 0.2) is 18.2 Å². The minimum absolute atomic E-state index is 0.330. The predicted molar refractivity (Wildman–Crippen MR) is 61.0 cm³/mol. The topological polar surface area (TPSA) is 44.5 Å². The van der Waals surface area contributed by atoms with Crippen molar-refractivity contribution in [3.63, 3.8) is 0 Å². The van der Waals surface area contributed by atoms with Crippen molar-refractivity contribution in [1.82, 2.24) is 0 Å². The highest BCUT2D eigenvalue weighted by molar-refractivity contribution is 5.36. The number of hydrogen-bond acceptors (Lipinski definition) is 3. The van der Waals surface area contributed by atoms with Crippen molar-refractivity contribution in [3.05, 3.63) is 29.6 Å². The third-order valence-corrected chi connectivity index (χ3v) is 2.16. The lowest BCUT2D eigenvalue weighted by molar-refractivity contribution is 0.109. The first-order chi connectivity index (χ1) is 7.66. The summed E-state index contributed by atoms with van der Waals surface area (Å²) in [6, 6.07) is 4.32. The van der Waals surface area contributed by atoms with Gasteiger partial charge in [-0.2, -0.15) is 0 Å². The standard InChI is InChI=1S/C12H18FNO2/c1-3-15-7-8-16-11-6-4-5-10(13)12(11)9(2)14/h4-6,9H,3,7-8,14H2,1-2H3/t9-/m1/s1. The zero-order valence-corrected chi connectivity index (χ0v) is 9.70. The molecule has 4 heteroatoms. The van der Waals surface area contributed by atoms with Crippen LogP contribution in [-0.4, -0.2) is 19.8 Å². The van der Waals surface area contributed by atoms with E-state index in [1.54, 1.807) is 19.1 Å². The molecule has 0 aromatic heterocycles. The Kier molecular flexibility index (Phi) is 5.22. The molecule has 0 saturated carbocycles. The van der Waals surface area contributed by atoms with Gasteiger partial charge in [0.25, 0.3) is 0 Å². The Morgan fingerprint density at radius 1 is 1.38 bits per heavy atom. The summed E-state index contributed by atoms with van der Waals surface area (Å²) >= 11 is 0. The van der Waals surface area contributed by atoms with Gasteiger partial charge in [-0.1, -0.05) is 6.07 Å². The SMILES string of the molecule is CCOCCOc1cccc(F)c1[C@@H](C)N. The van der Waals surface area contributed by atoms with Crippen LogP contribution in [0, 0.1) is 5.82 Å². The van der Waals surface area contributed by atoms with Crippen molar-refractivity contribution in [1.29, 1.82) is 0 Å². The maximum atomic E-state index is 13.5. The van der Waals surface area contributed by atoms with Crippen LogP contribution in [-0.2, 0) is 4.74 Å². The molecule has 1 aromatic carbocycles. The Balaban J connectivity index is 2.67. The molecular formula is C12H18FNO2. The van der Waals surface area contributed by atoms with Crippen LogP contribution in [0.5, 0.6) is 5.75 Å². The fourth-order valence-corrected chi connectivity index (χ4v) is 1.44. The Hall–Kier alpha value is -1.13. The summed E-state index contributed by atoms with van der Waals surface area (Å²) in [7, 11) is 0. The second-order valence-electron chi connectivity index (χ2n) is 3.49. The molecule has 2 N–H and O–H groups in total. The van der Waals surface area contributed by atoms with Gasteiger partial charge < -0.3 is 15.2 Å². The molecule has 0 spiro atoms. The summed E-state index contributed by atoms with van der Waals surface area (Å²) in [5.41, 5.74) is 6.11. The third kappa shape index (κ3) is 3.47. The highest BCUT2D eigenvalue weighted by Crippen LogP contribution is 2.26. The summed E-state index contributed by atoms with van der Waals surface area (Å²) in [5, 5.41) is 0. The molecule has 16 heavy (non-hydrogen) atoms. The number of halogens is 1. The van der Waals surface area contributed by atoms with E-state index in [9.17, 15) is 4.39 Å². The Morgan fingerprint density at radius 3 is 2.75 bits per heavy atom. The Bertz CT molecular complexity index is 329. The van der Waals surface area contributed by atoms with Crippen molar-refractivity contribution in [3.8, 4) is 5.75 Å².